The van der Waals surface area contributed by atoms with Crippen LogP contribution >= 0.6 is 0 Å². The molecule has 0 radical (unpaired) electrons. The van der Waals surface area contributed by atoms with Crippen LogP contribution in [-0.4, -0.2) is 23.9 Å². The summed E-state index contributed by atoms with van der Waals surface area (Å²) in [6.07, 6.45) is 1.81. The van der Waals surface area contributed by atoms with E-state index < -0.39 is 59.4 Å². The molecule has 0 amide bonds. The molecule has 2 bridgehead atoms. The van der Waals surface area contributed by atoms with Crippen molar-refractivity contribution in [1.29, 1.82) is 0 Å². The second-order valence-electron chi connectivity index (χ2n) is 12.5. The van der Waals surface area contributed by atoms with Crippen molar-refractivity contribution in [3.8, 4) is 0 Å². The number of carbonyl (C=O) groups is 4. The molecule has 1 fully saturated rings. The number of benzene rings is 4. The summed E-state index contributed by atoms with van der Waals surface area (Å²) in [5.74, 6) is -8.78. The van der Waals surface area contributed by atoms with Crippen LogP contribution in [-0.2, 0) is 64.6 Å². The highest BCUT2D eigenvalue weighted by Gasteiger charge is 2.64. The van der Waals surface area contributed by atoms with Gasteiger partial charge >= 0.3 is 23.9 Å². The Hall–Kier alpha value is -5.50. The normalized spacial score (nSPS) is 22.3. The predicted octanol–water partition coefficient (Wildman–Crippen LogP) is 6.63. The van der Waals surface area contributed by atoms with Gasteiger partial charge < -0.3 is 18.9 Å². The largest absolute Gasteiger partial charge is 0.461 e. The molecule has 8 nitrogen and oxygen atoms in total. The average molecular weight is 659 g/mol. The summed E-state index contributed by atoms with van der Waals surface area (Å²) in [6, 6.07) is 36.8. The molecule has 0 N–H and O–H groups in total. The maximum absolute atomic E-state index is 14.1. The van der Waals surface area contributed by atoms with Gasteiger partial charge in [-0.25, -0.2) is 0 Å². The number of ether oxygens (including phenoxy) is 4. The van der Waals surface area contributed by atoms with Gasteiger partial charge in [0.25, 0.3) is 0 Å². The Labute approximate surface area is 285 Å². The van der Waals surface area contributed by atoms with Crippen LogP contribution in [0.1, 0.15) is 29.2 Å². The minimum Gasteiger partial charge on any atom is -0.461 e. The Morgan fingerprint density at radius 2 is 0.694 bits per heavy atom. The van der Waals surface area contributed by atoms with E-state index >= 15 is 0 Å². The van der Waals surface area contributed by atoms with Gasteiger partial charge in [0.2, 0.25) is 0 Å². The summed E-state index contributed by atoms with van der Waals surface area (Å²) in [5, 5.41) is 0. The zero-order valence-electron chi connectivity index (χ0n) is 27.2. The molecule has 4 unspecified atom stereocenters. The lowest BCUT2D eigenvalue weighted by molar-refractivity contribution is -0.188. The maximum Gasteiger partial charge on any atom is 0.310 e. The van der Waals surface area contributed by atoms with Crippen LogP contribution in [0.4, 0.5) is 0 Å². The fourth-order valence-corrected chi connectivity index (χ4v) is 7.05. The van der Waals surface area contributed by atoms with E-state index in [1.165, 1.54) is 0 Å². The van der Waals surface area contributed by atoms with Crippen LogP contribution in [0.5, 0.6) is 0 Å². The molecule has 4 aromatic rings. The number of rotatable bonds is 12. The van der Waals surface area contributed by atoms with Crippen LogP contribution in [0.3, 0.4) is 0 Å². The zero-order valence-corrected chi connectivity index (χ0v) is 27.2. The first-order valence-electron chi connectivity index (χ1n) is 16.4. The number of esters is 4. The third kappa shape index (κ3) is 7.81. The molecule has 7 rings (SSSR count). The average Bonchev–Trinajstić information content (AvgIpc) is 3.15. The van der Waals surface area contributed by atoms with Crippen molar-refractivity contribution in [2.45, 2.75) is 33.4 Å². The van der Waals surface area contributed by atoms with Gasteiger partial charge in [0, 0.05) is 11.8 Å². The second-order valence-corrected chi connectivity index (χ2v) is 12.5. The van der Waals surface area contributed by atoms with Crippen molar-refractivity contribution >= 4 is 23.9 Å². The first-order valence-corrected chi connectivity index (χ1v) is 16.4. The molecule has 4 aromatic carbocycles. The summed E-state index contributed by atoms with van der Waals surface area (Å²) >= 11 is 0. The highest BCUT2D eigenvalue weighted by molar-refractivity contribution is 5.90. The Balaban J connectivity index is 1.34. The first-order chi connectivity index (χ1) is 23.9. The van der Waals surface area contributed by atoms with Gasteiger partial charge in [-0.3, -0.25) is 19.2 Å². The zero-order chi connectivity index (χ0) is 34.2. The molecule has 250 valence electrons. The second kappa shape index (κ2) is 15.6. The molecule has 0 heterocycles. The fourth-order valence-electron chi connectivity index (χ4n) is 7.05. The Bertz CT molecular complexity index is 1650. The number of hydrogen-bond acceptors (Lipinski definition) is 8. The molecular formula is C41H38O8. The molecule has 0 aromatic heterocycles. The summed E-state index contributed by atoms with van der Waals surface area (Å²) < 4.78 is 23.3. The molecule has 4 atom stereocenters. The number of carbonyl (C=O) groups excluding carboxylic acids is 4. The van der Waals surface area contributed by atoms with Crippen LogP contribution in [0, 0.1) is 35.5 Å². The molecular weight excluding hydrogens is 620 g/mol. The van der Waals surface area contributed by atoms with Gasteiger partial charge in [-0.15, -0.1) is 0 Å². The van der Waals surface area contributed by atoms with Crippen molar-refractivity contribution in [2.75, 3.05) is 0 Å². The molecule has 3 aliphatic rings. The van der Waals surface area contributed by atoms with E-state index in [9.17, 15) is 19.2 Å². The van der Waals surface area contributed by atoms with E-state index in [2.05, 4.69) is 0 Å². The van der Waals surface area contributed by atoms with Crippen molar-refractivity contribution < 1.29 is 38.1 Å². The number of allylic oxidation sites excluding steroid dienone is 2. The molecule has 0 spiro atoms. The lowest BCUT2D eigenvalue weighted by atomic mass is 9.51. The quantitative estimate of drug-likeness (QED) is 0.0949. The van der Waals surface area contributed by atoms with E-state index in [-0.39, 0.29) is 26.4 Å². The summed E-state index contributed by atoms with van der Waals surface area (Å²) in [5.41, 5.74) is 3.79. The minimum absolute atomic E-state index is 0.0201. The standard InChI is InChI=1S/C41H38O8/c1-27-22-32-34(38(42)46-23-28-14-6-2-7-15-28)36(40(44)48-25-30-18-10-4-11-19-30)33(27)37(41(45)49-26-31-20-12-5-13-21-31)35(32)39(43)47-24-29-16-8-3-9-17-29/h2-22,32-37H,23-26H2,1H3. The molecule has 49 heavy (non-hydrogen) atoms. The number of hydrogen-bond donors (Lipinski definition) is 0. The van der Waals surface area contributed by atoms with Crippen LogP contribution < -0.4 is 0 Å². The van der Waals surface area contributed by atoms with Gasteiger partial charge in [0.05, 0.1) is 23.7 Å². The highest BCUT2D eigenvalue weighted by atomic mass is 16.5. The van der Waals surface area contributed by atoms with E-state index in [1.54, 1.807) is 0 Å². The van der Waals surface area contributed by atoms with E-state index in [4.69, 9.17) is 18.9 Å². The van der Waals surface area contributed by atoms with Gasteiger partial charge in [-0.2, -0.15) is 0 Å². The lowest BCUT2D eigenvalue weighted by Gasteiger charge is -2.51. The topological polar surface area (TPSA) is 105 Å². The monoisotopic (exact) mass is 658 g/mol. The van der Waals surface area contributed by atoms with Crippen molar-refractivity contribution in [3.05, 3.63) is 155 Å². The third-order valence-corrected chi connectivity index (χ3v) is 9.34. The van der Waals surface area contributed by atoms with Gasteiger partial charge in [0.15, 0.2) is 0 Å². The van der Waals surface area contributed by atoms with Crippen LogP contribution in [0.15, 0.2) is 133 Å². The smallest absolute Gasteiger partial charge is 0.310 e. The Kier molecular flexibility index (Phi) is 10.6. The molecule has 3 aliphatic carbocycles. The van der Waals surface area contributed by atoms with Gasteiger partial charge in [0.1, 0.15) is 26.4 Å². The van der Waals surface area contributed by atoms with Crippen LogP contribution in [0.25, 0.3) is 0 Å². The SMILES string of the molecule is CC1=CC2C(C(=O)OCc3ccccc3)C(C(=O)OCc3ccccc3)C1C(C(=O)OCc1ccccc1)C2C(=O)OCc1ccccc1. The van der Waals surface area contributed by atoms with Crippen molar-refractivity contribution in [2.24, 2.45) is 35.5 Å². The first kappa shape index (κ1) is 33.4. The maximum atomic E-state index is 14.1. The fraction of sp³-hybridized carbons (Fsp3) is 0.268. The van der Waals surface area contributed by atoms with E-state index in [0.717, 1.165) is 22.3 Å². The third-order valence-electron chi connectivity index (χ3n) is 9.34. The lowest BCUT2D eigenvalue weighted by Crippen LogP contribution is -2.59. The van der Waals surface area contributed by atoms with Crippen molar-refractivity contribution in [3.63, 3.8) is 0 Å². The predicted molar refractivity (Wildman–Crippen MR) is 180 cm³/mol. The molecule has 1 saturated carbocycles. The van der Waals surface area contributed by atoms with Gasteiger partial charge in [-0.05, 0) is 29.2 Å². The minimum atomic E-state index is -1.10. The summed E-state index contributed by atoms with van der Waals surface area (Å²) in [4.78, 5) is 56.3. The summed E-state index contributed by atoms with van der Waals surface area (Å²) in [7, 11) is 0. The molecule has 0 aliphatic heterocycles. The molecule has 8 heteroatoms. The summed E-state index contributed by atoms with van der Waals surface area (Å²) in [6.45, 7) is 1.73. The van der Waals surface area contributed by atoms with E-state index in [1.807, 2.05) is 134 Å². The van der Waals surface area contributed by atoms with Gasteiger partial charge in [-0.1, -0.05) is 133 Å². The highest BCUT2D eigenvalue weighted by Crippen LogP contribution is 2.56. The Morgan fingerprint density at radius 3 is 0.980 bits per heavy atom. The number of fused-ring (bicyclic) bond motifs is 2. The van der Waals surface area contributed by atoms with E-state index in [0.29, 0.717) is 5.57 Å². The Morgan fingerprint density at radius 1 is 0.429 bits per heavy atom. The van der Waals surface area contributed by atoms with Crippen LogP contribution in [0.2, 0.25) is 0 Å². The van der Waals surface area contributed by atoms with Crippen molar-refractivity contribution in [1.82, 2.24) is 0 Å². The molecule has 0 saturated heterocycles.